The van der Waals surface area contributed by atoms with E-state index in [9.17, 15) is 0 Å². The van der Waals surface area contributed by atoms with E-state index in [1.165, 1.54) is 0 Å². The number of hydrogen-bond donors (Lipinski definition) is 0. The van der Waals surface area contributed by atoms with Crippen LogP contribution in [0.3, 0.4) is 0 Å². The molecule has 0 aliphatic rings. The first-order valence-corrected chi connectivity index (χ1v) is 25.8. The van der Waals surface area contributed by atoms with Gasteiger partial charge in [-0.15, -0.1) is 0 Å². The predicted octanol–water partition coefficient (Wildman–Crippen LogP) is 20.7. The monoisotopic (exact) mass is 994 g/mol. The van der Waals surface area contributed by atoms with Crippen LogP contribution in [0.4, 0.5) is 68.2 Å². The van der Waals surface area contributed by atoms with Crippen molar-refractivity contribution in [3.05, 3.63) is 328 Å². The van der Waals surface area contributed by atoms with Crippen LogP contribution in [0.5, 0.6) is 11.5 Å². The summed E-state index contributed by atoms with van der Waals surface area (Å²) in [6.07, 6.45) is 0. The largest absolute Gasteiger partial charge is 0.457 e. The maximum absolute atomic E-state index is 8.29. The minimum Gasteiger partial charge on any atom is -0.457 e. The zero-order valence-electron chi connectivity index (χ0n) is 44.2. The van der Waals surface area contributed by atoms with Crippen LogP contribution in [0.2, 0.25) is 0 Å². The fraction of sp³-hybridized carbons (Fsp3) is 0. The van der Waals surface area contributed by atoms with Crippen LogP contribution >= 0.6 is 0 Å². The van der Waals surface area contributed by atoms with Crippen LogP contribution in [-0.2, 0) is 0 Å². The second-order valence-corrected chi connectivity index (χ2v) is 18.5. The Labute approximate surface area is 454 Å². The number of nitrogens with zero attached hydrogens (tertiary/aromatic N) is 4. The molecule has 368 valence electrons. The second kappa shape index (κ2) is 22.4. The van der Waals surface area contributed by atoms with Gasteiger partial charge in [0.15, 0.2) is 0 Å². The Kier molecular flexibility index (Phi) is 13.2. The first-order valence-electron chi connectivity index (χ1n) is 26.8. The van der Waals surface area contributed by atoms with E-state index in [1.807, 2.05) is 97.1 Å². The summed E-state index contributed by atoms with van der Waals surface area (Å²) in [6, 6.07) is 109. The van der Waals surface area contributed by atoms with Crippen molar-refractivity contribution in [2.45, 2.75) is 0 Å². The lowest BCUT2D eigenvalue weighted by Gasteiger charge is -2.27. The van der Waals surface area contributed by atoms with Crippen molar-refractivity contribution in [3.8, 4) is 33.8 Å². The maximum Gasteiger partial charge on any atom is 0.129 e. The number of hydrogen-bond acceptors (Lipinski definition) is 5. The van der Waals surface area contributed by atoms with Crippen LogP contribution in [-0.4, -0.2) is 0 Å². The van der Waals surface area contributed by atoms with E-state index in [4.69, 9.17) is 7.48 Å². The molecule has 0 atom stereocenters. The van der Waals surface area contributed by atoms with Gasteiger partial charge in [0.1, 0.15) is 11.5 Å². The molecule has 0 spiro atoms. The molecule has 0 N–H and O–H groups in total. The molecule has 0 saturated carbocycles. The summed E-state index contributed by atoms with van der Waals surface area (Å²) in [5.41, 5.74) is 16.5. The van der Waals surface area contributed by atoms with Gasteiger partial charge in [0.05, 0.1) is 2.74 Å². The third-order valence-corrected chi connectivity index (χ3v) is 13.5. The molecule has 0 fully saturated rings. The molecule has 0 aliphatic heterocycles. The van der Waals surface area contributed by atoms with Crippen molar-refractivity contribution in [2.24, 2.45) is 0 Å². The van der Waals surface area contributed by atoms with E-state index < -0.39 is 0 Å². The summed E-state index contributed by atoms with van der Waals surface area (Å²) in [6.45, 7) is 0. The van der Waals surface area contributed by atoms with Crippen LogP contribution < -0.4 is 24.3 Å². The molecular formula is C72H54N4O. The normalized spacial score (nSPS) is 11.2. The van der Waals surface area contributed by atoms with Crippen molar-refractivity contribution in [1.82, 2.24) is 0 Å². The molecule has 0 amide bonds. The molecule has 12 aromatic carbocycles. The fourth-order valence-electron chi connectivity index (χ4n) is 9.87. The number of anilines is 12. The van der Waals surface area contributed by atoms with Crippen LogP contribution in [0.15, 0.2) is 328 Å². The number of benzene rings is 12. The molecule has 12 rings (SSSR count). The smallest absolute Gasteiger partial charge is 0.129 e. The number of para-hydroxylation sites is 6. The van der Waals surface area contributed by atoms with E-state index in [2.05, 4.69) is 238 Å². The van der Waals surface area contributed by atoms with Crippen LogP contribution in [0, 0.1) is 0 Å². The van der Waals surface area contributed by atoms with Gasteiger partial charge in [-0.1, -0.05) is 170 Å². The summed E-state index contributed by atoms with van der Waals surface area (Å²) in [5, 5.41) is 0. The Balaban J connectivity index is 0.802. The quantitative estimate of drug-likeness (QED) is 0.0959. The predicted molar refractivity (Wildman–Crippen MR) is 323 cm³/mol. The Bertz CT molecular complexity index is 3570. The van der Waals surface area contributed by atoms with Crippen molar-refractivity contribution in [1.29, 1.82) is 0 Å². The Morgan fingerprint density at radius 3 is 0.662 bits per heavy atom. The van der Waals surface area contributed by atoms with Gasteiger partial charge in [-0.05, 0) is 168 Å². The van der Waals surface area contributed by atoms with Crippen molar-refractivity contribution in [3.63, 3.8) is 0 Å². The fourth-order valence-corrected chi connectivity index (χ4v) is 9.87. The van der Waals surface area contributed by atoms with E-state index in [-0.39, 0.29) is 0 Å². The van der Waals surface area contributed by atoms with Crippen molar-refractivity contribution < 1.29 is 7.48 Å². The average Bonchev–Trinajstić information content (AvgIpc) is 3.54. The molecule has 5 nitrogen and oxygen atoms in total. The van der Waals surface area contributed by atoms with Crippen molar-refractivity contribution >= 4 is 68.2 Å². The van der Waals surface area contributed by atoms with Gasteiger partial charge in [-0.2, -0.15) is 0 Å². The lowest BCUT2D eigenvalue weighted by atomic mass is 10.0. The molecule has 0 radical (unpaired) electrons. The zero-order valence-corrected chi connectivity index (χ0v) is 42.2. The number of ether oxygens (including phenoxy) is 1. The Hall–Kier alpha value is -10.4. The minimum absolute atomic E-state index is 0.443. The summed E-state index contributed by atoms with van der Waals surface area (Å²) < 4.78 is 23.3. The second-order valence-electron chi connectivity index (χ2n) is 18.5. The third kappa shape index (κ3) is 10.7. The van der Waals surface area contributed by atoms with Gasteiger partial charge < -0.3 is 24.3 Å². The lowest BCUT2D eigenvalue weighted by Crippen LogP contribution is -2.10. The molecular weight excluding hydrogens is 937 g/mol. The van der Waals surface area contributed by atoms with Crippen LogP contribution in [0.25, 0.3) is 22.3 Å². The Morgan fingerprint density at radius 1 is 0.195 bits per heavy atom. The van der Waals surface area contributed by atoms with E-state index in [0.29, 0.717) is 23.6 Å². The molecule has 0 heterocycles. The van der Waals surface area contributed by atoms with E-state index in [1.54, 1.807) is 0 Å². The summed E-state index contributed by atoms with van der Waals surface area (Å²) >= 11 is 0. The van der Waals surface area contributed by atoms with Gasteiger partial charge in [0, 0.05) is 80.4 Å². The van der Waals surface area contributed by atoms with Gasteiger partial charge in [0.2, 0.25) is 0 Å². The zero-order chi connectivity index (χ0) is 53.3. The first kappa shape index (κ1) is 45.3. The molecule has 5 heteroatoms. The molecule has 77 heavy (non-hydrogen) atoms. The lowest BCUT2D eigenvalue weighted by molar-refractivity contribution is 0.483. The summed E-state index contributed by atoms with van der Waals surface area (Å²) in [5.74, 6) is 1.34. The minimum atomic E-state index is 0.443. The van der Waals surface area contributed by atoms with Gasteiger partial charge in [0.25, 0.3) is 0 Å². The van der Waals surface area contributed by atoms with E-state index >= 15 is 0 Å². The molecule has 12 aromatic rings. The van der Waals surface area contributed by atoms with Crippen molar-refractivity contribution in [2.75, 3.05) is 19.6 Å². The van der Waals surface area contributed by atoms with Gasteiger partial charge in [-0.25, -0.2) is 0 Å². The molecule has 0 aliphatic carbocycles. The molecule has 0 aromatic heterocycles. The maximum atomic E-state index is 8.29. The average molecular weight is 995 g/mol. The van der Waals surface area contributed by atoms with Gasteiger partial charge >= 0.3 is 0 Å². The first-order chi connectivity index (χ1) is 39.0. The highest BCUT2D eigenvalue weighted by atomic mass is 16.5. The topological polar surface area (TPSA) is 22.2 Å². The molecule has 0 bridgehead atoms. The summed E-state index contributed by atoms with van der Waals surface area (Å²) in [7, 11) is 0. The SMILES string of the molecule is [3H]c1ccc(N(c2ccc(-c3ccc(N(c4ccccc4)c4ccccc4)cc3)cc2)c2cccc(Oc3cccc(N(c4ccc([3H])cc4)c4ccc(-c5ccc(N(c6ccccc6)c6ccccc6)cc5)cc4)c3)c2)cc1. The highest BCUT2D eigenvalue weighted by molar-refractivity contribution is 5.83. The Morgan fingerprint density at radius 2 is 0.403 bits per heavy atom. The van der Waals surface area contributed by atoms with E-state index in [0.717, 1.165) is 90.5 Å². The number of rotatable bonds is 16. The molecule has 0 unspecified atom stereocenters. The highest BCUT2D eigenvalue weighted by Gasteiger charge is 2.18. The third-order valence-electron chi connectivity index (χ3n) is 13.5. The highest BCUT2D eigenvalue weighted by Crippen LogP contribution is 2.42. The summed E-state index contributed by atoms with van der Waals surface area (Å²) in [4.78, 5) is 8.91. The standard InChI is InChI=1S/C72H54N4O/c1-7-21-59(22-8-1)73(60-23-9-2-10-24-60)65-45-37-55(38-46-65)57-41-49-67(50-42-57)75(63-29-15-5-16-30-63)69-33-19-35-71(53-69)77-72-36-20-34-70(54-72)76(64-31-17-6-18-32-64)68-51-43-58(44-52-68)56-39-47-66(48-40-56)74(61-25-11-3-12-26-61)62-27-13-4-14-28-62/h1-54H/i5T,6T. The van der Waals surface area contributed by atoms with Gasteiger partial charge in [-0.3, -0.25) is 0 Å². The molecule has 0 saturated heterocycles. The van der Waals surface area contributed by atoms with Crippen LogP contribution in [0.1, 0.15) is 2.74 Å².